The van der Waals surface area contributed by atoms with Gasteiger partial charge in [0.2, 0.25) is 10.0 Å². The zero-order chi connectivity index (χ0) is 19.0. The first kappa shape index (κ1) is 20.1. The van der Waals surface area contributed by atoms with E-state index >= 15 is 0 Å². The Hall–Kier alpha value is -1.23. The standard InChI is InChI=1S/C14H12Cl2N2O4S3/c1-2-24(19,20)12-6-5-11(25(18,21)22)13(17)14(12)23-10-4-3-8(15)7-9(10)16/h2-7H,1,17H2,(H2,18,21,22). The van der Waals surface area contributed by atoms with Gasteiger partial charge >= 0.3 is 0 Å². The van der Waals surface area contributed by atoms with Crippen molar-refractivity contribution in [2.75, 3.05) is 5.73 Å². The molecule has 2 aromatic carbocycles. The molecule has 0 saturated heterocycles. The van der Waals surface area contributed by atoms with E-state index in [1.807, 2.05) is 0 Å². The molecular formula is C14H12Cl2N2O4S3. The molecule has 0 aromatic heterocycles. The zero-order valence-corrected chi connectivity index (χ0v) is 16.4. The molecule has 134 valence electrons. The van der Waals surface area contributed by atoms with Crippen molar-refractivity contribution in [3.05, 3.63) is 52.4 Å². The fraction of sp³-hybridized carbons (Fsp3) is 0. The van der Waals surface area contributed by atoms with E-state index in [-0.39, 0.29) is 25.4 Å². The third kappa shape index (κ3) is 4.30. The van der Waals surface area contributed by atoms with Crippen molar-refractivity contribution in [2.24, 2.45) is 5.14 Å². The summed E-state index contributed by atoms with van der Waals surface area (Å²) in [5.74, 6) is 0. The molecule has 0 spiro atoms. The van der Waals surface area contributed by atoms with E-state index in [1.54, 1.807) is 12.1 Å². The van der Waals surface area contributed by atoms with Crippen LogP contribution in [0.1, 0.15) is 0 Å². The molecule has 6 nitrogen and oxygen atoms in total. The van der Waals surface area contributed by atoms with Crippen molar-refractivity contribution in [1.82, 2.24) is 0 Å². The van der Waals surface area contributed by atoms with Crippen LogP contribution in [0.2, 0.25) is 10.0 Å². The van der Waals surface area contributed by atoms with Crippen LogP contribution in [0.5, 0.6) is 0 Å². The van der Waals surface area contributed by atoms with Crippen LogP contribution in [0.4, 0.5) is 5.69 Å². The van der Waals surface area contributed by atoms with Gasteiger partial charge in [0.15, 0.2) is 9.84 Å². The Balaban J connectivity index is 2.77. The Bertz CT molecular complexity index is 1070. The number of hydrogen-bond donors (Lipinski definition) is 2. The Morgan fingerprint density at radius 1 is 1.04 bits per heavy atom. The van der Waals surface area contributed by atoms with Gasteiger partial charge in [-0.1, -0.05) is 41.5 Å². The Labute approximate surface area is 159 Å². The fourth-order valence-corrected chi connectivity index (χ4v) is 5.33. The smallest absolute Gasteiger partial charge is 0.240 e. The Kier molecular flexibility index (Phi) is 5.77. The molecule has 2 rings (SSSR count). The number of sulfonamides is 1. The highest BCUT2D eigenvalue weighted by atomic mass is 35.5. The first-order valence-electron chi connectivity index (χ1n) is 6.43. The summed E-state index contributed by atoms with van der Waals surface area (Å²) in [6.45, 7) is 3.26. The molecule has 0 fully saturated rings. The highest BCUT2D eigenvalue weighted by molar-refractivity contribution is 8.01. The summed E-state index contributed by atoms with van der Waals surface area (Å²) in [7, 11) is -8.04. The van der Waals surface area contributed by atoms with E-state index in [9.17, 15) is 16.8 Å². The minimum absolute atomic E-state index is 0.0179. The summed E-state index contributed by atoms with van der Waals surface area (Å²) in [6, 6.07) is 6.72. The third-order valence-electron chi connectivity index (χ3n) is 3.06. The van der Waals surface area contributed by atoms with Gasteiger partial charge in [-0.25, -0.2) is 22.0 Å². The summed E-state index contributed by atoms with van der Waals surface area (Å²) >= 11 is 12.8. The molecule has 0 radical (unpaired) electrons. The molecule has 0 atom stereocenters. The van der Waals surface area contributed by atoms with E-state index in [0.29, 0.717) is 9.92 Å². The number of halogens is 2. The first-order valence-corrected chi connectivity index (χ1v) is 11.1. The summed E-state index contributed by atoms with van der Waals surface area (Å²) < 4.78 is 47.8. The molecule has 0 aliphatic carbocycles. The van der Waals surface area contributed by atoms with Gasteiger partial charge in [-0.15, -0.1) is 0 Å². The number of benzene rings is 2. The van der Waals surface area contributed by atoms with E-state index in [0.717, 1.165) is 29.3 Å². The lowest BCUT2D eigenvalue weighted by molar-refractivity contribution is 0.595. The molecule has 0 saturated carbocycles. The molecule has 25 heavy (non-hydrogen) atoms. The average Bonchev–Trinajstić information content (AvgIpc) is 2.50. The lowest BCUT2D eigenvalue weighted by Gasteiger charge is -2.14. The molecule has 0 bridgehead atoms. The van der Waals surface area contributed by atoms with Gasteiger partial charge in [0, 0.05) is 15.3 Å². The van der Waals surface area contributed by atoms with E-state index in [2.05, 4.69) is 6.58 Å². The zero-order valence-electron chi connectivity index (χ0n) is 12.4. The van der Waals surface area contributed by atoms with Crippen molar-refractivity contribution >= 4 is 60.5 Å². The van der Waals surface area contributed by atoms with Crippen LogP contribution in [0.15, 0.2) is 61.9 Å². The monoisotopic (exact) mass is 438 g/mol. The van der Waals surface area contributed by atoms with Crippen LogP contribution in [0.3, 0.4) is 0 Å². The van der Waals surface area contributed by atoms with Gasteiger partial charge in [0.1, 0.15) is 4.90 Å². The second-order valence-electron chi connectivity index (χ2n) is 4.74. The van der Waals surface area contributed by atoms with E-state index in [1.165, 1.54) is 6.07 Å². The van der Waals surface area contributed by atoms with Crippen molar-refractivity contribution in [3.63, 3.8) is 0 Å². The number of nitrogens with two attached hydrogens (primary N) is 2. The van der Waals surface area contributed by atoms with Gasteiger partial charge in [-0.2, -0.15) is 0 Å². The van der Waals surface area contributed by atoms with Crippen molar-refractivity contribution in [3.8, 4) is 0 Å². The van der Waals surface area contributed by atoms with Crippen LogP contribution in [-0.4, -0.2) is 16.8 Å². The van der Waals surface area contributed by atoms with Gasteiger partial charge in [0.25, 0.3) is 0 Å². The largest absolute Gasteiger partial charge is 0.397 e. The molecule has 2 aromatic rings. The van der Waals surface area contributed by atoms with E-state index in [4.69, 9.17) is 34.1 Å². The maximum atomic E-state index is 12.2. The van der Waals surface area contributed by atoms with Gasteiger partial charge in [0.05, 0.1) is 20.5 Å². The molecule has 0 aliphatic heterocycles. The first-order chi connectivity index (χ1) is 11.5. The normalized spacial score (nSPS) is 12.1. The van der Waals surface area contributed by atoms with Crippen molar-refractivity contribution < 1.29 is 16.8 Å². The molecule has 0 aliphatic rings. The van der Waals surface area contributed by atoms with Crippen LogP contribution < -0.4 is 10.9 Å². The molecular weight excluding hydrogens is 427 g/mol. The summed E-state index contributed by atoms with van der Waals surface area (Å²) in [4.78, 5) is -0.174. The maximum Gasteiger partial charge on any atom is 0.240 e. The van der Waals surface area contributed by atoms with Crippen molar-refractivity contribution in [1.29, 1.82) is 0 Å². The third-order valence-corrected chi connectivity index (χ3v) is 7.43. The van der Waals surface area contributed by atoms with Crippen LogP contribution in [-0.2, 0) is 19.9 Å². The minimum Gasteiger partial charge on any atom is -0.397 e. The number of primary sulfonamides is 1. The molecule has 0 amide bonds. The Morgan fingerprint density at radius 2 is 1.64 bits per heavy atom. The van der Waals surface area contributed by atoms with Gasteiger partial charge in [-0.3, -0.25) is 0 Å². The quantitative estimate of drug-likeness (QED) is 0.690. The summed E-state index contributed by atoms with van der Waals surface area (Å²) in [5.41, 5.74) is 5.61. The lowest BCUT2D eigenvalue weighted by atomic mass is 10.3. The number of anilines is 1. The maximum absolute atomic E-state index is 12.2. The number of sulfone groups is 1. The number of hydrogen-bond acceptors (Lipinski definition) is 6. The minimum atomic E-state index is -4.15. The van der Waals surface area contributed by atoms with Crippen LogP contribution >= 0.6 is 35.0 Å². The number of rotatable bonds is 5. The summed E-state index contributed by atoms with van der Waals surface area (Å²) in [5, 5.41) is 6.51. The van der Waals surface area contributed by atoms with Crippen LogP contribution in [0, 0.1) is 0 Å². The molecule has 4 N–H and O–H groups in total. The molecule has 11 heteroatoms. The van der Waals surface area contributed by atoms with Crippen molar-refractivity contribution in [2.45, 2.75) is 19.6 Å². The topological polar surface area (TPSA) is 120 Å². The fourth-order valence-electron chi connectivity index (χ4n) is 1.90. The average molecular weight is 439 g/mol. The van der Waals surface area contributed by atoms with Crippen LogP contribution in [0.25, 0.3) is 0 Å². The van der Waals surface area contributed by atoms with E-state index < -0.39 is 19.9 Å². The predicted molar refractivity (Wildman–Crippen MR) is 100 cm³/mol. The highest BCUT2D eigenvalue weighted by Crippen LogP contribution is 2.43. The lowest BCUT2D eigenvalue weighted by Crippen LogP contribution is -2.15. The molecule has 0 heterocycles. The molecule has 0 unspecified atom stereocenters. The highest BCUT2D eigenvalue weighted by Gasteiger charge is 2.24. The second-order valence-corrected chi connectivity index (χ2v) is 10.0. The van der Waals surface area contributed by atoms with Gasteiger partial charge in [-0.05, 0) is 30.3 Å². The SMILES string of the molecule is C=CS(=O)(=O)c1ccc(S(N)(=O)=O)c(N)c1Sc1ccc(Cl)cc1Cl. The number of nitrogen functional groups attached to an aromatic ring is 1. The predicted octanol–water partition coefficient (Wildman–Crippen LogP) is 3.29. The second kappa shape index (κ2) is 7.18. The summed E-state index contributed by atoms with van der Waals surface area (Å²) in [6.07, 6.45) is 0. The Morgan fingerprint density at radius 3 is 2.16 bits per heavy atom. The van der Waals surface area contributed by atoms with Gasteiger partial charge < -0.3 is 5.73 Å².